The van der Waals surface area contributed by atoms with Crippen LogP contribution in [0.4, 0.5) is 0 Å². The first kappa shape index (κ1) is 21.3. The molecule has 1 unspecified atom stereocenters. The van der Waals surface area contributed by atoms with Gasteiger partial charge in [0, 0.05) is 36.4 Å². The number of rotatable bonds is 6. The van der Waals surface area contributed by atoms with Gasteiger partial charge in [-0.1, -0.05) is 11.6 Å². The number of allylic oxidation sites excluding steroid dienone is 2. The summed E-state index contributed by atoms with van der Waals surface area (Å²) in [7, 11) is 2.93. The molecule has 0 radical (unpaired) electrons. The van der Waals surface area contributed by atoms with Gasteiger partial charge in [0.25, 0.3) is 0 Å². The number of carbonyl (C=O) groups is 2. The molecule has 0 bridgehead atoms. The molecule has 0 saturated heterocycles. The molecule has 2 atom stereocenters. The van der Waals surface area contributed by atoms with Crippen molar-refractivity contribution in [1.82, 2.24) is 0 Å². The quantitative estimate of drug-likeness (QED) is 0.558. The predicted molar refractivity (Wildman–Crippen MR) is 108 cm³/mol. The molecule has 0 saturated carbocycles. The molecule has 8 heteroatoms. The number of esters is 1. The molecule has 156 valence electrons. The number of hydrogen-bond acceptors (Lipinski definition) is 7. The molecule has 0 spiro atoms. The van der Waals surface area contributed by atoms with E-state index in [1.54, 1.807) is 19.1 Å². The van der Waals surface area contributed by atoms with E-state index in [0.717, 1.165) is 6.42 Å². The highest BCUT2D eigenvalue weighted by Crippen LogP contribution is 2.46. The summed E-state index contributed by atoms with van der Waals surface area (Å²) in [5.74, 6) is -1.94. The number of benzene rings is 1. The van der Waals surface area contributed by atoms with E-state index in [9.17, 15) is 14.7 Å². The number of methoxy groups -OCH3 is 2. The molecule has 0 aromatic heterocycles. The van der Waals surface area contributed by atoms with Crippen LogP contribution < -0.4 is 4.74 Å². The lowest BCUT2D eigenvalue weighted by Crippen LogP contribution is -2.37. The second-order valence-corrected chi connectivity index (χ2v) is 7.47. The average Bonchev–Trinajstić information content (AvgIpc) is 2.69. The maximum absolute atomic E-state index is 12.9. The molecule has 29 heavy (non-hydrogen) atoms. The van der Waals surface area contributed by atoms with E-state index in [0.29, 0.717) is 35.4 Å². The Balaban J connectivity index is 2.12. The lowest BCUT2D eigenvalue weighted by atomic mass is 9.71. The molecule has 3 rings (SSSR count). The smallest absolute Gasteiger partial charge is 0.315 e. The lowest BCUT2D eigenvalue weighted by Gasteiger charge is -2.34. The molecular formula is C21H24ClNO6. The summed E-state index contributed by atoms with van der Waals surface area (Å²) in [4.78, 5) is 30.4. The molecule has 1 aromatic carbocycles. The fraction of sp³-hybridized carbons (Fsp3) is 0.476. The molecule has 0 amide bonds. The third kappa shape index (κ3) is 4.16. The summed E-state index contributed by atoms with van der Waals surface area (Å²) >= 11 is 6.20. The summed E-state index contributed by atoms with van der Waals surface area (Å²) in [6, 6.07) is 3.16. The molecule has 2 aliphatic rings. The van der Waals surface area contributed by atoms with E-state index in [1.807, 2.05) is 0 Å². The van der Waals surface area contributed by atoms with Gasteiger partial charge < -0.3 is 19.3 Å². The van der Waals surface area contributed by atoms with Crippen LogP contribution in [0.25, 0.3) is 0 Å². The topological polar surface area (TPSA) is 94.4 Å². The number of carbonyl (C=O) groups excluding carboxylic acids is 2. The van der Waals surface area contributed by atoms with Crippen molar-refractivity contribution < 1.29 is 28.9 Å². The van der Waals surface area contributed by atoms with Gasteiger partial charge in [-0.25, -0.2) is 0 Å². The zero-order chi connectivity index (χ0) is 21.1. The summed E-state index contributed by atoms with van der Waals surface area (Å²) in [5.41, 5.74) is 2.39. The Labute approximate surface area is 174 Å². The van der Waals surface area contributed by atoms with Crippen molar-refractivity contribution in [2.24, 2.45) is 10.9 Å². The van der Waals surface area contributed by atoms with Crippen molar-refractivity contribution in [3.8, 4) is 11.5 Å². The largest absolute Gasteiger partial charge is 0.503 e. The van der Waals surface area contributed by atoms with Crippen molar-refractivity contribution in [3.63, 3.8) is 0 Å². The first-order valence-corrected chi connectivity index (χ1v) is 9.80. The molecular weight excluding hydrogens is 398 g/mol. The van der Waals surface area contributed by atoms with Crippen LogP contribution in [0.2, 0.25) is 5.02 Å². The number of aromatic hydroxyl groups is 1. The zero-order valence-electron chi connectivity index (χ0n) is 16.7. The van der Waals surface area contributed by atoms with Crippen molar-refractivity contribution in [2.75, 3.05) is 27.4 Å². The van der Waals surface area contributed by atoms with E-state index in [4.69, 9.17) is 25.8 Å². The van der Waals surface area contributed by atoms with Crippen LogP contribution in [-0.4, -0.2) is 50.0 Å². The Kier molecular flexibility index (Phi) is 6.59. The van der Waals surface area contributed by atoms with Crippen LogP contribution in [-0.2, 0) is 19.1 Å². The van der Waals surface area contributed by atoms with E-state index in [-0.39, 0.29) is 35.5 Å². The number of aliphatic imine (C=N–C) groups is 1. The van der Waals surface area contributed by atoms with E-state index >= 15 is 0 Å². The number of phenolic OH excluding ortho intramolecular Hbond substituents is 1. The van der Waals surface area contributed by atoms with Crippen molar-refractivity contribution in [3.05, 3.63) is 34.0 Å². The van der Waals surface area contributed by atoms with Gasteiger partial charge in [-0.05, 0) is 37.5 Å². The fourth-order valence-corrected chi connectivity index (χ4v) is 4.14. The molecule has 1 aliphatic heterocycles. The fourth-order valence-electron chi connectivity index (χ4n) is 3.92. The molecule has 1 aliphatic carbocycles. The average molecular weight is 422 g/mol. The Morgan fingerprint density at radius 3 is 2.72 bits per heavy atom. The van der Waals surface area contributed by atoms with Crippen LogP contribution in [0.15, 0.2) is 28.4 Å². The minimum Gasteiger partial charge on any atom is -0.503 e. The first-order valence-electron chi connectivity index (χ1n) is 9.42. The van der Waals surface area contributed by atoms with Gasteiger partial charge in [0.05, 0.1) is 18.7 Å². The summed E-state index contributed by atoms with van der Waals surface area (Å²) in [5, 5.41) is 10.2. The minimum atomic E-state index is -0.780. The number of phenols is 1. The second kappa shape index (κ2) is 8.97. The predicted octanol–water partition coefficient (Wildman–Crippen LogP) is 3.43. The SMILES string of the molecule is COCCOC(=O)C1C(C)=NC2=C(C(=O)CCC2)[C@@H]1c1cc(Cl)c(O)c(OC)c1. The minimum absolute atomic E-state index is 0.0367. The summed E-state index contributed by atoms with van der Waals surface area (Å²) in [6.07, 6.45) is 1.80. The van der Waals surface area contributed by atoms with Gasteiger partial charge in [0.1, 0.15) is 12.5 Å². The van der Waals surface area contributed by atoms with Crippen molar-refractivity contribution in [1.29, 1.82) is 0 Å². The van der Waals surface area contributed by atoms with Crippen LogP contribution in [0.3, 0.4) is 0 Å². The highest BCUT2D eigenvalue weighted by molar-refractivity contribution is 6.32. The van der Waals surface area contributed by atoms with Crippen LogP contribution in [0, 0.1) is 5.92 Å². The standard InChI is InChI=1S/C21H24ClNO6/c1-11-17(21(26)29-8-7-27-2)18(19-14(23-11)5-4-6-15(19)24)12-9-13(22)20(25)16(10-12)28-3/h9-10,17-18,25H,4-8H2,1-3H3/t17?,18-/m1/s1. The number of halogens is 1. The van der Waals surface area contributed by atoms with Crippen LogP contribution in [0.5, 0.6) is 11.5 Å². The van der Waals surface area contributed by atoms with Gasteiger partial charge in [0.15, 0.2) is 17.3 Å². The maximum Gasteiger partial charge on any atom is 0.315 e. The third-order valence-corrected chi connectivity index (χ3v) is 5.54. The van der Waals surface area contributed by atoms with E-state index in [1.165, 1.54) is 14.2 Å². The second-order valence-electron chi connectivity index (χ2n) is 7.06. The van der Waals surface area contributed by atoms with E-state index < -0.39 is 17.8 Å². The molecule has 1 aromatic rings. The monoisotopic (exact) mass is 421 g/mol. The number of ketones is 1. The van der Waals surface area contributed by atoms with Gasteiger partial charge in [-0.3, -0.25) is 14.6 Å². The summed E-state index contributed by atoms with van der Waals surface area (Å²) < 4.78 is 15.5. The Hall–Kier alpha value is -2.38. The molecule has 1 N–H and O–H groups in total. The highest BCUT2D eigenvalue weighted by atomic mass is 35.5. The maximum atomic E-state index is 12.9. The normalized spacial score (nSPS) is 21.5. The molecule has 0 fully saturated rings. The highest BCUT2D eigenvalue weighted by Gasteiger charge is 2.43. The van der Waals surface area contributed by atoms with Gasteiger partial charge in [0.2, 0.25) is 0 Å². The van der Waals surface area contributed by atoms with Crippen LogP contribution >= 0.6 is 11.6 Å². The Morgan fingerprint density at radius 2 is 2.03 bits per heavy atom. The van der Waals surface area contributed by atoms with E-state index in [2.05, 4.69) is 4.99 Å². The summed E-state index contributed by atoms with van der Waals surface area (Å²) in [6.45, 7) is 2.13. The van der Waals surface area contributed by atoms with Crippen molar-refractivity contribution in [2.45, 2.75) is 32.1 Å². The first-order chi connectivity index (χ1) is 13.9. The Bertz CT molecular complexity index is 891. The molecule has 1 heterocycles. The molecule has 7 nitrogen and oxygen atoms in total. The number of nitrogens with zero attached hydrogens (tertiary/aromatic N) is 1. The third-order valence-electron chi connectivity index (χ3n) is 5.25. The van der Waals surface area contributed by atoms with Crippen molar-refractivity contribution >= 4 is 29.1 Å². The Morgan fingerprint density at radius 1 is 1.28 bits per heavy atom. The van der Waals surface area contributed by atoms with Gasteiger partial charge in [-0.15, -0.1) is 0 Å². The number of Topliss-reactive ketones (excluding diaryl/α,β-unsaturated/α-hetero) is 1. The van der Waals surface area contributed by atoms with Crippen LogP contribution in [0.1, 0.15) is 37.7 Å². The van der Waals surface area contributed by atoms with Gasteiger partial charge >= 0.3 is 5.97 Å². The van der Waals surface area contributed by atoms with Gasteiger partial charge in [-0.2, -0.15) is 0 Å². The number of hydrogen-bond donors (Lipinski definition) is 1. The number of ether oxygens (including phenoxy) is 3. The lowest BCUT2D eigenvalue weighted by molar-refractivity contribution is -0.147. The zero-order valence-corrected chi connectivity index (χ0v) is 17.4.